The van der Waals surface area contributed by atoms with E-state index in [9.17, 15) is 22.8 Å². The van der Waals surface area contributed by atoms with Crippen molar-refractivity contribution in [2.45, 2.75) is 26.1 Å². The van der Waals surface area contributed by atoms with Gasteiger partial charge in [0.1, 0.15) is 0 Å². The summed E-state index contributed by atoms with van der Waals surface area (Å²) in [7, 11) is 0. The van der Waals surface area contributed by atoms with Gasteiger partial charge in [-0.2, -0.15) is 13.2 Å². The number of carbonyl (C=O) groups excluding carboxylic acids is 2. The minimum absolute atomic E-state index is 0.0786. The number of benzene rings is 1. The molecule has 144 valence electrons. The van der Waals surface area contributed by atoms with Gasteiger partial charge in [0.25, 0.3) is 5.91 Å². The van der Waals surface area contributed by atoms with E-state index < -0.39 is 18.7 Å². The van der Waals surface area contributed by atoms with E-state index in [0.29, 0.717) is 23.2 Å². The Labute approximate surface area is 153 Å². The normalized spacial score (nSPS) is 11.0. The van der Waals surface area contributed by atoms with E-state index in [0.717, 1.165) is 0 Å². The van der Waals surface area contributed by atoms with Gasteiger partial charge < -0.3 is 15.4 Å². The number of hydrogen-bond acceptors (Lipinski definition) is 4. The van der Waals surface area contributed by atoms with E-state index in [2.05, 4.69) is 20.4 Å². The molecule has 2 amide bonds. The highest BCUT2D eigenvalue weighted by atomic mass is 19.4. The Bertz CT molecular complexity index is 810. The molecule has 0 aliphatic carbocycles. The molecule has 1 heterocycles. The number of carbonyl (C=O) groups is 2. The predicted octanol–water partition coefficient (Wildman–Crippen LogP) is 3.30. The zero-order valence-electron chi connectivity index (χ0n) is 14.5. The van der Waals surface area contributed by atoms with Crippen LogP contribution in [0.4, 0.5) is 18.9 Å². The van der Waals surface area contributed by atoms with E-state index in [4.69, 9.17) is 0 Å². The van der Waals surface area contributed by atoms with E-state index in [1.54, 1.807) is 31.2 Å². The molecule has 1 aromatic carbocycles. The maximum Gasteiger partial charge on any atom is 0.422 e. The van der Waals surface area contributed by atoms with Gasteiger partial charge in [-0.25, -0.2) is 4.98 Å². The van der Waals surface area contributed by atoms with Crippen LogP contribution in [0.15, 0.2) is 42.6 Å². The first kappa shape index (κ1) is 20.2. The van der Waals surface area contributed by atoms with Crippen LogP contribution in [0.2, 0.25) is 0 Å². The summed E-state index contributed by atoms with van der Waals surface area (Å²) < 4.78 is 41.1. The van der Waals surface area contributed by atoms with E-state index in [-0.39, 0.29) is 18.3 Å². The molecule has 0 aliphatic rings. The van der Waals surface area contributed by atoms with Gasteiger partial charge in [-0.1, -0.05) is 13.0 Å². The number of ether oxygens (including phenoxy) is 1. The summed E-state index contributed by atoms with van der Waals surface area (Å²) in [4.78, 5) is 27.4. The zero-order valence-corrected chi connectivity index (χ0v) is 14.5. The zero-order chi connectivity index (χ0) is 19.9. The van der Waals surface area contributed by atoms with Crippen LogP contribution in [0.1, 0.15) is 29.3 Å². The van der Waals surface area contributed by atoms with Crippen molar-refractivity contribution in [1.82, 2.24) is 10.3 Å². The highest BCUT2D eigenvalue weighted by Gasteiger charge is 2.28. The van der Waals surface area contributed by atoms with E-state index >= 15 is 0 Å². The highest BCUT2D eigenvalue weighted by Crippen LogP contribution is 2.17. The number of nitrogens with zero attached hydrogens (tertiary/aromatic N) is 1. The minimum atomic E-state index is -4.45. The van der Waals surface area contributed by atoms with Gasteiger partial charge in [0.15, 0.2) is 6.61 Å². The largest absolute Gasteiger partial charge is 0.468 e. The number of amides is 2. The molecule has 6 nitrogen and oxygen atoms in total. The molecule has 0 radical (unpaired) electrons. The summed E-state index contributed by atoms with van der Waals surface area (Å²) in [6.07, 6.45) is -2.84. The first-order chi connectivity index (χ1) is 12.8. The molecule has 0 saturated carbocycles. The average molecular weight is 381 g/mol. The monoisotopic (exact) mass is 381 g/mol. The van der Waals surface area contributed by atoms with Crippen molar-refractivity contribution in [2.75, 3.05) is 11.9 Å². The first-order valence-corrected chi connectivity index (χ1v) is 8.09. The number of alkyl halides is 3. The summed E-state index contributed by atoms with van der Waals surface area (Å²) in [5, 5.41) is 5.31. The third-order valence-electron chi connectivity index (χ3n) is 3.37. The number of anilines is 1. The molecule has 9 heteroatoms. The predicted molar refractivity (Wildman–Crippen MR) is 92.3 cm³/mol. The minimum Gasteiger partial charge on any atom is -0.468 e. The van der Waals surface area contributed by atoms with Crippen molar-refractivity contribution < 1.29 is 27.5 Å². The lowest BCUT2D eigenvalue weighted by molar-refractivity contribution is -0.154. The third kappa shape index (κ3) is 6.96. The first-order valence-electron chi connectivity index (χ1n) is 8.09. The van der Waals surface area contributed by atoms with Crippen LogP contribution in [0.3, 0.4) is 0 Å². The second-order valence-corrected chi connectivity index (χ2v) is 5.57. The maximum atomic E-state index is 12.2. The lowest BCUT2D eigenvalue weighted by Crippen LogP contribution is -2.23. The van der Waals surface area contributed by atoms with Crippen LogP contribution in [-0.4, -0.2) is 29.6 Å². The molecular weight excluding hydrogens is 363 g/mol. The molecule has 0 saturated heterocycles. The van der Waals surface area contributed by atoms with Crippen LogP contribution < -0.4 is 15.4 Å². The topological polar surface area (TPSA) is 80.3 Å². The summed E-state index contributed by atoms with van der Waals surface area (Å²) in [5.41, 5.74) is 1.37. The number of hydrogen-bond donors (Lipinski definition) is 2. The summed E-state index contributed by atoms with van der Waals surface area (Å²) in [6.45, 7) is 0.356. The average Bonchev–Trinajstić information content (AvgIpc) is 2.64. The SMILES string of the molecule is CCC(=O)Nc1cccc(C(=O)NCc2ccnc(OCC(F)(F)F)c2)c1. The number of halogens is 3. The molecule has 0 fully saturated rings. The van der Waals surface area contributed by atoms with Gasteiger partial charge in [-0.05, 0) is 29.8 Å². The summed E-state index contributed by atoms with van der Waals surface area (Å²) in [5.74, 6) is -0.740. The third-order valence-corrected chi connectivity index (χ3v) is 3.37. The van der Waals surface area contributed by atoms with Crippen LogP contribution in [0.25, 0.3) is 0 Å². The molecule has 2 rings (SSSR count). The molecular formula is C18H18F3N3O3. The van der Waals surface area contributed by atoms with Gasteiger partial charge in [0, 0.05) is 36.5 Å². The fourth-order valence-electron chi connectivity index (χ4n) is 2.07. The molecule has 1 aromatic heterocycles. The maximum absolute atomic E-state index is 12.2. The second-order valence-electron chi connectivity index (χ2n) is 5.57. The Balaban J connectivity index is 1.95. The molecule has 27 heavy (non-hydrogen) atoms. The fourth-order valence-corrected chi connectivity index (χ4v) is 2.07. The number of aromatic nitrogens is 1. The van der Waals surface area contributed by atoms with Crippen molar-refractivity contribution in [1.29, 1.82) is 0 Å². The summed E-state index contributed by atoms with van der Waals surface area (Å²) >= 11 is 0. The Hall–Kier alpha value is -3.10. The summed E-state index contributed by atoms with van der Waals surface area (Å²) in [6, 6.07) is 9.30. The van der Waals surface area contributed by atoms with E-state index in [1.807, 2.05) is 0 Å². The molecule has 0 atom stereocenters. The number of rotatable bonds is 7. The van der Waals surface area contributed by atoms with Crippen LogP contribution in [-0.2, 0) is 11.3 Å². The quantitative estimate of drug-likeness (QED) is 0.771. The van der Waals surface area contributed by atoms with Crippen LogP contribution in [0, 0.1) is 0 Å². The molecule has 0 aliphatic heterocycles. The van der Waals surface area contributed by atoms with Crippen LogP contribution in [0.5, 0.6) is 5.88 Å². The number of nitrogens with one attached hydrogen (secondary N) is 2. The van der Waals surface area contributed by atoms with Crippen LogP contribution >= 0.6 is 0 Å². The van der Waals surface area contributed by atoms with Gasteiger partial charge in [-0.3, -0.25) is 9.59 Å². The molecule has 0 unspecified atom stereocenters. The van der Waals surface area contributed by atoms with Gasteiger partial charge in [0.2, 0.25) is 11.8 Å². The lowest BCUT2D eigenvalue weighted by Gasteiger charge is -2.10. The van der Waals surface area contributed by atoms with Gasteiger partial charge in [-0.15, -0.1) is 0 Å². The van der Waals surface area contributed by atoms with Crippen molar-refractivity contribution >= 4 is 17.5 Å². The Morgan fingerprint density at radius 3 is 2.67 bits per heavy atom. The van der Waals surface area contributed by atoms with Crippen molar-refractivity contribution in [3.63, 3.8) is 0 Å². The van der Waals surface area contributed by atoms with Crippen molar-refractivity contribution in [3.05, 3.63) is 53.7 Å². The van der Waals surface area contributed by atoms with Gasteiger partial charge >= 0.3 is 6.18 Å². The molecule has 2 aromatic rings. The molecule has 0 spiro atoms. The lowest BCUT2D eigenvalue weighted by atomic mass is 10.1. The molecule has 2 N–H and O–H groups in total. The Morgan fingerprint density at radius 1 is 1.19 bits per heavy atom. The van der Waals surface area contributed by atoms with Gasteiger partial charge in [0.05, 0.1) is 0 Å². The number of pyridine rings is 1. The van der Waals surface area contributed by atoms with Crippen molar-refractivity contribution in [3.8, 4) is 5.88 Å². The smallest absolute Gasteiger partial charge is 0.422 e. The second kappa shape index (κ2) is 9.02. The molecule has 0 bridgehead atoms. The Kier molecular flexibility index (Phi) is 6.75. The standard InChI is InChI=1S/C18H18F3N3O3/c1-2-15(25)24-14-5-3-4-13(9-14)17(26)23-10-12-6-7-22-16(8-12)27-11-18(19,20)21/h3-9H,2,10-11H2,1H3,(H,23,26)(H,24,25). The Morgan fingerprint density at radius 2 is 1.96 bits per heavy atom. The fraction of sp³-hybridized carbons (Fsp3) is 0.278. The van der Waals surface area contributed by atoms with Crippen molar-refractivity contribution in [2.24, 2.45) is 0 Å². The highest BCUT2D eigenvalue weighted by molar-refractivity contribution is 5.97. The van der Waals surface area contributed by atoms with E-state index in [1.165, 1.54) is 18.3 Å².